The van der Waals surface area contributed by atoms with Crippen molar-refractivity contribution in [2.24, 2.45) is 5.92 Å². The average molecular weight is 354 g/mol. The second-order valence-electron chi connectivity index (χ2n) is 6.15. The van der Waals surface area contributed by atoms with Gasteiger partial charge in [0.05, 0.1) is 0 Å². The Morgan fingerprint density at radius 2 is 2.00 bits per heavy atom. The van der Waals surface area contributed by atoms with E-state index in [4.69, 9.17) is 22.8 Å². The third-order valence-corrected chi connectivity index (χ3v) is 4.73. The lowest BCUT2D eigenvalue weighted by atomic mass is 10.1. The van der Waals surface area contributed by atoms with Crippen molar-refractivity contribution in [3.05, 3.63) is 64.7 Å². The Kier molecular flexibility index (Phi) is 5.63. The summed E-state index contributed by atoms with van der Waals surface area (Å²) >= 11 is 6.21. The third kappa shape index (κ3) is 4.55. The van der Waals surface area contributed by atoms with Gasteiger partial charge in [-0.3, -0.25) is 4.79 Å². The number of terminal acetylenes is 1. The predicted octanol–water partition coefficient (Wildman–Crippen LogP) is 3.81. The quantitative estimate of drug-likeness (QED) is 0.768. The van der Waals surface area contributed by atoms with Crippen LogP contribution < -0.4 is 10.1 Å². The number of nitrogens with one attached hydrogen (secondary N) is 1. The first-order valence-electron chi connectivity index (χ1n) is 8.36. The Bertz CT molecular complexity index is 779. The fraction of sp³-hybridized carbons (Fsp3) is 0.286. The van der Waals surface area contributed by atoms with E-state index in [9.17, 15) is 4.79 Å². The second-order valence-corrected chi connectivity index (χ2v) is 6.56. The Balaban J connectivity index is 1.43. The number of ether oxygens (including phenoxy) is 1. The minimum Gasteiger partial charge on any atom is -0.481 e. The molecule has 128 valence electrons. The lowest BCUT2D eigenvalue weighted by Gasteiger charge is -2.07. The van der Waals surface area contributed by atoms with E-state index in [1.165, 1.54) is 0 Å². The van der Waals surface area contributed by atoms with Gasteiger partial charge >= 0.3 is 0 Å². The maximum Gasteiger partial charge on any atom is 0.223 e. The molecule has 2 aromatic rings. The van der Waals surface area contributed by atoms with Crippen LogP contribution in [0.25, 0.3) is 0 Å². The zero-order valence-corrected chi connectivity index (χ0v) is 14.6. The molecule has 0 bridgehead atoms. The molecule has 0 saturated heterocycles. The molecule has 3 rings (SSSR count). The number of benzene rings is 2. The summed E-state index contributed by atoms with van der Waals surface area (Å²) in [6, 6.07) is 15.5. The van der Waals surface area contributed by atoms with Crippen LogP contribution in [0.15, 0.2) is 48.5 Å². The largest absolute Gasteiger partial charge is 0.481 e. The molecule has 1 aliphatic rings. The van der Waals surface area contributed by atoms with E-state index in [1.807, 2.05) is 48.5 Å². The van der Waals surface area contributed by atoms with Crippen LogP contribution in [0.3, 0.4) is 0 Å². The molecule has 1 N–H and O–H groups in total. The highest BCUT2D eigenvalue weighted by Gasteiger charge is 2.44. The van der Waals surface area contributed by atoms with Crippen molar-refractivity contribution in [2.75, 3.05) is 13.2 Å². The van der Waals surface area contributed by atoms with E-state index >= 15 is 0 Å². The minimum absolute atomic E-state index is 0.0411. The monoisotopic (exact) mass is 353 g/mol. The van der Waals surface area contributed by atoms with E-state index in [0.29, 0.717) is 6.54 Å². The van der Waals surface area contributed by atoms with E-state index in [0.717, 1.165) is 34.7 Å². The summed E-state index contributed by atoms with van der Waals surface area (Å²) in [4.78, 5) is 12.3. The highest BCUT2D eigenvalue weighted by Crippen LogP contribution is 2.49. The summed E-state index contributed by atoms with van der Waals surface area (Å²) < 4.78 is 5.34. The molecule has 2 atom stereocenters. The maximum absolute atomic E-state index is 12.3. The lowest BCUT2D eigenvalue weighted by Crippen LogP contribution is -2.27. The molecule has 1 saturated carbocycles. The van der Waals surface area contributed by atoms with Crippen LogP contribution in [0.5, 0.6) is 5.75 Å². The van der Waals surface area contributed by atoms with Crippen LogP contribution in [-0.4, -0.2) is 19.1 Å². The lowest BCUT2D eigenvalue weighted by molar-refractivity contribution is -0.122. The van der Waals surface area contributed by atoms with Gasteiger partial charge in [-0.1, -0.05) is 47.9 Å². The average Bonchev–Trinajstić information content (AvgIpc) is 3.42. The van der Waals surface area contributed by atoms with Crippen molar-refractivity contribution in [3.63, 3.8) is 0 Å². The molecule has 0 aromatic heterocycles. The van der Waals surface area contributed by atoms with Crippen LogP contribution in [0.4, 0.5) is 0 Å². The van der Waals surface area contributed by atoms with Crippen LogP contribution in [0.1, 0.15) is 23.5 Å². The van der Waals surface area contributed by atoms with Gasteiger partial charge in [-0.05, 0) is 48.1 Å². The van der Waals surface area contributed by atoms with Gasteiger partial charge in [0, 0.05) is 17.5 Å². The molecule has 1 fully saturated rings. The van der Waals surface area contributed by atoms with Crippen molar-refractivity contribution in [2.45, 2.75) is 18.8 Å². The Hall–Kier alpha value is -2.44. The van der Waals surface area contributed by atoms with Gasteiger partial charge in [-0.15, -0.1) is 6.42 Å². The first-order valence-corrected chi connectivity index (χ1v) is 8.74. The van der Waals surface area contributed by atoms with Crippen LogP contribution >= 0.6 is 11.6 Å². The minimum atomic E-state index is 0.0411. The molecule has 0 spiro atoms. The van der Waals surface area contributed by atoms with E-state index in [-0.39, 0.29) is 24.3 Å². The molecule has 2 unspecified atom stereocenters. The van der Waals surface area contributed by atoms with Crippen molar-refractivity contribution < 1.29 is 9.53 Å². The maximum atomic E-state index is 12.3. The summed E-state index contributed by atoms with van der Waals surface area (Å²) in [6.45, 7) is 0.887. The van der Waals surface area contributed by atoms with Gasteiger partial charge in [0.25, 0.3) is 0 Å². The smallest absolute Gasteiger partial charge is 0.223 e. The predicted molar refractivity (Wildman–Crippen MR) is 99.8 cm³/mol. The van der Waals surface area contributed by atoms with Crippen molar-refractivity contribution in [3.8, 4) is 18.1 Å². The molecule has 0 aliphatic heterocycles. The van der Waals surface area contributed by atoms with Gasteiger partial charge < -0.3 is 10.1 Å². The molecular weight excluding hydrogens is 334 g/mol. The molecule has 0 heterocycles. The van der Waals surface area contributed by atoms with Gasteiger partial charge in [-0.25, -0.2) is 0 Å². The van der Waals surface area contributed by atoms with E-state index in [1.54, 1.807) is 0 Å². The number of hydrogen-bond donors (Lipinski definition) is 1. The molecule has 3 nitrogen and oxygen atoms in total. The molecule has 1 amide bonds. The van der Waals surface area contributed by atoms with Gasteiger partial charge in [-0.2, -0.15) is 0 Å². The van der Waals surface area contributed by atoms with E-state index in [2.05, 4.69) is 11.2 Å². The second kappa shape index (κ2) is 8.09. The number of carbonyl (C=O) groups excluding carboxylic acids is 1. The molecular formula is C21H20ClNO2. The number of rotatable bonds is 7. The molecule has 4 heteroatoms. The molecule has 25 heavy (non-hydrogen) atoms. The standard InChI is InChI=1S/C21H20ClNO2/c1-2-13-25-16-9-7-15(8-10-16)11-12-23-21(24)19-14-18(19)17-5-3-4-6-20(17)22/h1,3-10,18-19H,11-14H2,(H,23,24). The molecule has 0 radical (unpaired) electrons. The molecule has 1 aliphatic carbocycles. The molecule has 2 aromatic carbocycles. The summed E-state index contributed by atoms with van der Waals surface area (Å²) in [5.41, 5.74) is 2.22. The summed E-state index contributed by atoms with van der Waals surface area (Å²) in [6.07, 6.45) is 6.82. The fourth-order valence-corrected chi connectivity index (χ4v) is 3.22. The Morgan fingerprint density at radius 3 is 2.72 bits per heavy atom. The first kappa shape index (κ1) is 17.4. The Morgan fingerprint density at radius 1 is 1.24 bits per heavy atom. The first-order chi connectivity index (χ1) is 12.2. The summed E-state index contributed by atoms with van der Waals surface area (Å²) in [5.74, 6) is 3.59. The SMILES string of the molecule is C#CCOc1ccc(CCNC(=O)C2CC2c2ccccc2Cl)cc1. The van der Waals surface area contributed by atoms with Crippen molar-refractivity contribution in [1.82, 2.24) is 5.32 Å². The topological polar surface area (TPSA) is 38.3 Å². The van der Waals surface area contributed by atoms with Crippen molar-refractivity contribution in [1.29, 1.82) is 0 Å². The van der Waals surface area contributed by atoms with Crippen LogP contribution in [-0.2, 0) is 11.2 Å². The normalized spacial score (nSPS) is 18.2. The van der Waals surface area contributed by atoms with E-state index < -0.39 is 0 Å². The third-order valence-electron chi connectivity index (χ3n) is 4.39. The zero-order valence-electron chi connectivity index (χ0n) is 13.9. The van der Waals surface area contributed by atoms with Gasteiger partial charge in [0.1, 0.15) is 12.4 Å². The summed E-state index contributed by atoms with van der Waals surface area (Å²) in [7, 11) is 0. The van der Waals surface area contributed by atoms with Gasteiger partial charge in [0.15, 0.2) is 0 Å². The van der Waals surface area contributed by atoms with Crippen LogP contribution in [0.2, 0.25) is 5.02 Å². The Labute approximate surface area is 153 Å². The fourth-order valence-electron chi connectivity index (χ4n) is 2.94. The summed E-state index contributed by atoms with van der Waals surface area (Å²) in [5, 5.41) is 3.77. The highest BCUT2D eigenvalue weighted by molar-refractivity contribution is 6.31. The van der Waals surface area contributed by atoms with Crippen molar-refractivity contribution >= 4 is 17.5 Å². The number of hydrogen-bond acceptors (Lipinski definition) is 2. The number of amides is 1. The highest BCUT2D eigenvalue weighted by atomic mass is 35.5. The number of halogens is 1. The number of carbonyl (C=O) groups is 1. The zero-order chi connectivity index (χ0) is 17.6. The van der Waals surface area contributed by atoms with Crippen LogP contribution in [0, 0.1) is 18.3 Å². The van der Waals surface area contributed by atoms with Gasteiger partial charge in [0.2, 0.25) is 5.91 Å².